The first-order valence-corrected chi connectivity index (χ1v) is 6.09. The molecule has 0 spiro atoms. The van der Waals surface area contributed by atoms with Crippen LogP contribution in [0.1, 0.15) is 32.1 Å². The van der Waals surface area contributed by atoms with Gasteiger partial charge in [0.05, 0.1) is 0 Å². The van der Waals surface area contributed by atoms with E-state index in [-0.39, 0.29) is 10.8 Å². The predicted molar refractivity (Wildman–Crippen MR) is 73.9 cm³/mol. The minimum Gasteiger partial charge on any atom is -0.460 e. The molecule has 2 heteroatoms. The van der Waals surface area contributed by atoms with E-state index >= 15 is 0 Å². The molecule has 1 heterocycles. The fourth-order valence-electron chi connectivity index (χ4n) is 1.71. The molecule has 2 nitrogen and oxygen atoms in total. The highest BCUT2D eigenvalue weighted by Gasteiger charge is 2.18. The molecule has 0 aliphatic carbocycles. The van der Waals surface area contributed by atoms with Gasteiger partial charge >= 0.3 is 0 Å². The fraction of sp³-hybridized carbons (Fsp3) is 0.312. The zero-order chi connectivity index (χ0) is 13.3. The van der Waals surface area contributed by atoms with Gasteiger partial charge in [0, 0.05) is 23.1 Å². The minimum absolute atomic E-state index is 0.0123. The van der Waals surface area contributed by atoms with Crippen molar-refractivity contribution in [2.24, 2.45) is 0 Å². The predicted octanol–water partition coefficient (Wildman–Crippen LogP) is 3.91. The molecule has 0 aliphatic rings. The van der Waals surface area contributed by atoms with Crippen LogP contribution in [0.25, 0.3) is 11.3 Å². The molecule has 1 aromatic carbocycles. The zero-order valence-corrected chi connectivity index (χ0v) is 11.3. The highest BCUT2D eigenvalue weighted by Crippen LogP contribution is 2.26. The van der Waals surface area contributed by atoms with Crippen molar-refractivity contribution < 1.29 is 4.42 Å². The molecule has 0 saturated heterocycles. The lowest BCUT2D eigenvalue weighted by molar-refractivity contribution is 0.404. The van der Waals surface area contributed by atoms with Crippen LogP contribution in [0.2, 0.25) is 0 Å². The molecule has 0 N–H and O–H groups in total. The van der Waals surface area contributed by atoms with Crippen molar-refractivity contribution in [2.75, 3.05) is 0 Å². The summed E-state index contributed by atoms with van der Waals surface area (Å²) in [6.45, 7) is 8.13. The highest BCUT2D eigenvalue weighted by molar-refractivity contribution is 5.57. The molecule has 0 radical (unpaired) electrons. The van der Waals surface area contributed by atoms with Crippen LogP contribution < -0.4 is 5.43 Å². The monoisotopic (exact) mass is 242 g/mol. The molecule has 94 valence electrons. The number of benzene rings is 1. The lowest BCUT2D eigenvalue weighted by Crippen LogP contribution is -2.14. The fourth-order valence-corrected chi connectivity index (χ4v) is 1.71. The Hall–Kier alpha value is -1.83. The molecule has 18 heavy (non-hydrogen) atoms. The molecule has 0 fully saturated rings. The van der Waals surface area contributed by atoms with Gasteiger partial charge < -0.3 is 4.42 Å². The third kappa shape index (κ3) is 2.70. The summed E-state index contributed by atoms with van der Waals surface area (Å²) in [4.78, 5) is 11.7. The van der Waals surface area contributed by atoms with E-state index in [2.05, 4.69) is 0 Å². The number of aryl methyl sites for hydroxylation is 1. The minimum atomic E-state index is -0.167. The standard InChI is InChI=1S/C16H18O2/c1-11-5-7-12(8-6-11)14-9-13(17)10-15(18-14)16(2,3)4/h5-10H,1-4H3. The van der Waals surface area contributed by atoms with Crippen molar-refractivity contribution in [1.82, 2.24) is 0 Å². The zero-order valence-electron chi connectivity index (χ0n) is 11.3. The van der Waals surface area contributed by atoms with Gasteiger partial charge in [0.25, 0.3) is 0 Å². The van der Waals surface area contributed by atoms with Gasteiger partial charge in [-0.2, -0.15) is 0 Å². The average Bonchev–Trinajstić information content (AvgIpc) is 2.28. The third-order valence-electron chi connectivity index (χ3n) is 2.84. The van der Waals surface area contributed by atoms with Crippen LogP contribution in [-0.4, -0.2) is 0 Å². The van der Waals surface area contributed by atoms with Gasteiger partial charge in [-0.1, -0.05) is 50.6 Å². The molecular formula is C16H18O2. The van der Waals surface area contributed by atoms with E-state index in [0.29, 0.717) is 11.5 Å². The van der Waals surface area contributed by atoms with Crippen LogP contribution in [0.5, 0.6) is 0 Å². The van der Waals surface area contributed by atoms with E-state index in [1.165, 1.54) is 5.56 Å². The first kappa shape index (κ1) is 12.6. The summed E-state index contributed by atoms with van der Waals surface area (Å²) in [7, 11) is 0. The van der Waals surface area contributed by atoms with Gasteiger partial charge in [-0.05, 0) is 6.92 Å². The van der Waals surface area contributed by atoms with Crippen molar-refractivity contribution in [3.8, 4) is 11.3 Å². The SMILES string of the molecule is Cc1ccc(-c2cc(=O)cc(C(C)(C)C)o2)cc1. The number of hydrogen-bond donors (Lipinski definition) is 0. The topological polar surface area (TPSA) is 30.2 Å². The Morgan fingerprint density at radius 2 is 1.61 bits per heavy atom. The average molecular weight is 242 g/mol. The Kier molecular flexibility index (Phi) is 3.12. The Bertz CT molecular complexity index is 598. The van der Waals surface area contributed by atoms with Crippen LogP contribution in [0, 0.1) is 6.92 Å². The Morgan fingerprint density at radius 3 is 2.17 bits per heavy atom. The van der Waals surface area contributed by atoms with E-state index < -0.39 is 0 Å². The maximum Gasteiger partial charge on any atom is 0.185 e. The lowest BCUT2D eigenvalue weighted by atomic mass is 9.93. The quantitative estimate of drug-likeness (QED) is 0.758. The van der Waals surface area contributed by atoms with E-state index in [4.69, 9.17) is 4.42 Å². The summed E-state index contributed by atoms with van der Waals surface area (Å²) in [6.07, 6.45) is 0. The first-order valence-electron chi connectivity index (χ1n) is 6.09. The molecule has 0 atom stereocenters. The van der Waals surface area contributed by atoms with Crippen LogP contribution >= 0.6 is 0 Å². The summed E-state index contributed by atoms with van der Waals surface area (Å²) in [5.41, 5.74) is 1.94. The Balaban J connectivity index is 2.55. The van der Waals surface area contributed by atoms with E-state index in [9.17, 15) is 4.79 Å². The molecule has 0 unspecified atom stereocenters. The van der Waals surface area contributed by atoms with Crippen LogP contribution in [-0.2, 0) is 5.41 Å². The van der Waals surface area contributed by atoms with Gasteiger partial charge in [-0.25, -0.2) is 0 Å². The van der Waals surface area contributed by atoms with Crippen molar-refractivity contribution in [1.29, 1.82) is 0 Å². The molecule has 0 bridgehead atoms. The largest absolute Gasteiger partial charge is 0.460 e. The summed E-state index contributed by atoms with van der Waals surface area (Å²) in [6, 6.07) is 11.1. The maximum atomic E-state index is 11.7. The van der Waals surface area contributed by atoms with Gasteiger partial charge in [0.2, 0.25) is 0 Å². The van der Waals surface area contributed by atoms with Gasteiger partial charge in [-0.15, -0.1) is 0 Å². The molecule has 0 saturated carbocycles. The normalized spacial score (nSPS) is 11.6. The van der Waals surface area contributed by atoms with Crippen molar-refractivity contribution in [2.45, 2.75) is 33.1 Å². The summed E-state index contributed by atoms with van der Waals surface area (Å²) in [5.74, 6) is 1.35. The highest BCUT2D eigenvalue weighted by atomic mass is 16.3. The van der Waals surface area contributed by atoms with Crippen molar-refractivity contribution >= 4 is 0 Å². The number of hydrogen-bond acceptors (Lipinski definition) is 2. The van der Waals surface area contributed by atoms with Crippen molar-refractivity contribution in [3.05, 3.63) is 57.9 Å². The van der Waals surface area contributed by atoms with Crippen molar-refractivity contribution in [3.63, 3.8) is 0 Å². The van der Waals surface area contributed by atoms with E-state index in [0.717, 1.165) is 5.56 Å². The van der Waals surface area contributed by atoms with Gasteiger partial charge in [0.1, 0.15) is 11.5 Å². The Labute approximate surface area is 107 Å². The molecule has 0 amide bonds. The van der Waals surface area contributed by atoms with Crippen LogP contribution in [0.3, 0.4) is 0 Å². The van der Waals surface area contributed by atoms with Crippen LogP contribution in [0.15, 0.2) is 45.6 Å². The molecule has 2 aromatic rings. The third-order valence-corrected chi connectivity index (χ3v) is 2.84. The second-order valence-corrected chi connectivity index (χ2v) is 5.64. The lowest BCUT2D eigenvalue weighted by Gasteiger charge is -2.17. The summed E-state index contributed by atoms with van der Waals surface area (Å²) < 4.78 is 5.85. The van der Waals surface area contributed by atoms with Gasteiger partial charge in [0.15, 0.2) is 5.43 Å². The molecule has 0 aliphatic heterocycles. The smallest absolute Gasteiger partial charge is 0.185 e. The van der Waals surface area contributed by atoms with Crippen LogP contribution in [0.4, 0.5) is 0 Å². The first-order chi connectivity index (χ1) is 8.36. The second-order valence-electron chi connectivity index (χ2n) is 5.64. The molecule has 2 rings (SSSR count). The molecular weight excluding hydrogens is 224 g/mol. The number of rotatable bonds is 1. The second kappa shape index (κ2) is 4.45. The maximum absolute atomic E-state index is 11.7. The molecule has 1 aromatic heterocycles. The van der Waals surface area contributed by atoms with E-state index in [1.54, 1.807) is 12.1 Å². The van der Waals surface area contributed by atoms with Gasteiger partial charge in [-0.3, -0.25) is 4.79 Å². The summed E-state index contributed by atoms with van der Waals surface area (Å²) in [5, 5.41) is 0. The summed E-state index contributed by atoms with van der Waals surface area (Å²) >= 11 is 0. The Morgan fingerprint density at radius 1 is 1.00 bits per heavy atom. The van der Waals surface area contributed by atoms with E-state index in [1.807, 2.05) is 52.0 Å².